The van der Waals surface area contributed by atoms with Gasteiger partial charge in [0.05, 0.1) is 0 Å². The molecular formula is C13H18BrNS. The average molecular weight is 300 g/mol. The third-order valence-corrected chi connectivity index (χ3v) is 5.19. The van der Waals surface area contributed by atoms with Gasteiger partial charge in [-0.3, -0.25) is 0 Å². The molecule has 3 heteroatoms. The number of rotatable bonds is 2. The zero-order valence-corrected chi connectivity index (χ0v) is 12.0. The fourth-order valence-corrected chi connectivity index (χ4v) is 3.77. The molecule has 0 aliphatic heterocycles. The van der Waals surface area contributed by atoms with Crippen molar-refractivity contribution in [2.45, 2.75) is 42.5 Å². The lowest BCUT2D eigenvalue weighted by molar-refractivity contribution is 0.302. The van der Waals surface area contributed by atoms with Gasteiger partial charge in [0, 0.05) is 14.9 Å². The van der Waals surface area contributed by atoms with Crippen molar-refractivity contribution in [3.05, 3.63) is 28.2 Å². The van der Waals surface area contributed by atoms with Crippen LogP contribution in [-0.4, -0.2) is 6.26 Å². The maximum atomic E-state index is 6.51. The monoisotopic (exact) mass is 299 g/mol. The number of halogens is 1. The van der Waals surface area contributed by atoms with Crippen LogP contribution in [0.2, 0.25) is 0 Å². The summed E-state index contributed by atoms with van der Waals surface area (Å²) in [6, 6.07) is 6.58. The lowest BCUT2D eigenvalue weighted by Crippen LogP contribution is -2.38. The molecule has 0 bridgehead atoms. The van der Waals surface area contributed by atoms with E-state index >= 15 is 0 Å². The molecule has 1 aromatic rings. The van der Waals surface area contributed by atoms with Gasteiger partial charge in [-0.05, 0) is 52.7 Å². The number of benzene rings is 1. The highest BCUT2D eigenvalue weighted by Gasteiger charge is 2.29. The van der Waals surface area contributed by atoms with Gasteiger partial charge in [-0.15, -0.1) is 11.8 Å². The predicted molar refractivity (Wildman–Crippen MR) is 74.9 cm³/mol. The minimum Gasteiger partial charge on any atom is -0.321 e. The molecule has 1 aliphatic carbocycles. The standard InChI is InChI=1S/C13H18BrNS/c1-16-12-6-5-10(9-11(12)14)13(15)7-3-2-4-8-13/h5-6,9H,2-4,7-8,15H2,1H3. The van der Waals surface area contributed by atoms with Gasteiger partial charge in [0.2, 0.25) is 0 Å². The Morgan fingerprint density at radius 2 is 1.94 bits per heavy atom. The van der Waals surface area contributed by atoms with Crippen LogP contribution in [0, 0.1) is 0 Å². The summed E-state index contributed by atoms with van der Waals surface area (Å²) in [6.45, 7) is 0. The van der Waals surface area contributed by atoms with Gasteiger partial charge < -0.3 is 5.73 Å². The van der Waals surface area contributed by atoms with E-state index in [1.807, 2.05) is 0 Å². The Bertz CT molecular complexity index is 372. The molecule has 0 saturated heterocycles. The second kappa shape index (κ2) is 5.11. The average Bonchev–Trinajstić information content (AvgIpc) is 2.30. The van der Waals surface area contributed by atoms with Crippen molar-refractivity contribution in [3.63, 3.8) is 0 Å². The van der Waals surface area contributed by atoms with E-state index < -0.39 is 0 Å². The molecule has 0 atom stereocenters. The van der Waals surface area contributed by atoms with Gasteiger partial charge in [-0.1, -0.05) is 25.3 Å². The molecule has 0 heterocycles. The molecule has 0 unspecified atom stereocenters. The lowest BCUT2D eigenvalue weighted by atomic mass is 9.77. The van der Waals surface area contributed by atoms with Crippen molar-refractivity contribution >= 4 is 27.7 Å². The van der Waals surface area contributed by atoms with Crippen LogP contribution in [0.15, 0.2) is 27.6 Å². The first-order chi connectivity index (χ1) is 7.65. The first kappa shape index (κ1) is 12.5. The second-order valence-electron chi connectivity index (χ2n) is 4.57. The Balaban J connectivity index is 2.29. The zero-order chi connectivity index (χ0) is 11.6. The van der Waals surface area contributed by atoms with Crippen molar-refractivity contribution < 1.29 is 0 Å². The van der Waals surface area contributed by atoms with Crippen LogP contribution in [0.4, 0.5) is 0 Å². The number of nitrogens with two attached hydrogens (primary N) is 1. The molecule has 1 aromatic carbocycles. The van der Waals surface area contributed by atoms with Gasteiger partial charge in [-0.25, -0.2) is 0 Å². The Morgan fingerprint density at radius 3 is 2.50 bits per heavy atom. The Hall–Kier alpha value is 0.01000. The molecule has 1 aliphatic rings. The summed E-state index contributed by atoms with van der Waals surface area (Å²) in [7, 11) is 0. The number of hydrogen-bond donors (Lipinski definition) is 1. The highest BCUT2D eigenvalue weighted by Crippen LogP contribution is 2.37. The lowest BCUT2D eigenvalue weighted by Gasteiger charge is -2.34. The highest BCUT2D eigenvalue weighted by atomic mass is 79.9. The molecule has 1 fully saturated rings. The molecule has 16 heavy (non-hydrogen) atoms. The maximum Gasteiger partial charge on any atom is 0.0410 e. The van der Waals surface area contributed by atoms with Crippen molar-refractivity contribution in [2.75, 3.05) is 6.26 Å². The molecule has 0 radical (unpaired) electrons. The molecule has 1 nitrogen and oxygen atoms in total. The SMILES string of the molecule is CSc1ccc(C2(N)CCCCC2)cc1Br. The van der Waals surface area contributed by atoms with Crippen LogP contribution in [0.1, 0.15) is 37.7 Å². The fraction of sp³-hybridized carbons (Fsp3) is 0.538. The molecular weight excluding hydrogens is 282 g/mol. The van der Waals surface area contributed by atoms with E-state index in [0.717, 1.165) is 12.8 Å². The van der Waals surface area contributed by atoms with Crippen molar-refractivity contribution in [2.24, 2.45) is 5.73 Å². The topological polar surface area (TPSA) is 26.0 Å². The third kappa shape index (κ3) is 2.47. The molecule has 0 amide bonds. The number of hydrogen-bond acceptors (Lipinski definition) is 2. The van der Waals surface area contributed by atoms with Gasteiger partial charge >= 0.3 is 0 Å². The van der Waals surface area contributed by atoms with Gasteiger partial charge in [0.25, 0.3) is 0 Å². The van der Waals surface area contributed by atoms with Gasteiger partial charge in [0.1, 0.15) is 0 Å². The van der Waals surface area contributed by atoms with Crippen molar-refractivity contribution in [3.8, 4) is 0 Å². The molecule has 1 saturated carbocycles. The molecule has 2 N–H and O–H groups in total. The zero-order valence-electron chi connectivity index (χ0n) is 9.63. The highest BCUT2D eigenvalue weighted by molar-refractivity contribution is 9.10. The summed E-state index contributed by atoms with van der Waals surface area (Å²) in [6.07, 6.45) is 8.20. The predicted octanol–water partition coefficient (Wildman–Crippen LogP) is 4.29. The van der Waals surface area contributed by atoms with E-state index in [4.69, 9.17) is 5.73 Å². The third-order valence-electron chi connectivity index (χ3n) is 3.47. The van der Waals surface area contributed by atoms with Crippen LogP contribution in [-0.2, 0) is 5.54 Å². The smallest absolute Gasteiger partial charge is 0.0410 e. The summed E-state index contributed by atoms with van der Waals surface area (Å²) in [5, 5.41) is 0. The first-order valence-corrected chi connectivity index (χ1v) is 7.80. The summed E-state index contributed by atoms with van der Waals surface area (Å²) in [4.78, 5) is 1.28. The van der Waals surface area contributed by atoms with Crippen LogP contribution < -0.4 is 5.73 Å². The molecule has 2 rings (SSSR count). The Kier molecular flexibility index (Phi) is 3.98. The van der Waals surface area contributed by atoms with E-state index in [1.165, 1.54) is 34.2 Å². The first-order valence-electron chi connectivity index (χ1n) is 5.79. The number of thioether (sulfide) groups is 1. The molecule has 0 spiro atoms. The van der Waals surface area contributed by atoms with Crippen molar-refractivity contribution in [1.29, 1.82) is 0 Å². The second-order valence-corrected chi connectivity index (χ2v) is 6.27. The van der Waals surface area contributed by atoms with Crippen LogP contribution in [0.5, 0.6) is 0 Å². The molecule has 88 valence electrons. The quantitative estimate of drug-likeness (QED) is 0.825. The van der Waals surface area contributed by atoms with Crippen LogP contribution in [0.25, 0.3) is 0 Å². The fourth-order valence-electron chi connectivity index (χ4n) is 2.45. The Morgan fingerprint density at radius 1 is 1.25 bits per heavy atom. The van der Waals surface area contributed by atoms with E-state index in [0.29, 0.717) is 0 Å². The Labute approximate surface area is 110 Å². The normalized spacial score (nSPS) is 19.7. The van der Waals surface area contributed by atoms with Gasteiger partial charge in [-0.2, -0.15) is 0 Å². The maximum absolute atomic E-state index is 6.51. The van der Waals surface area contributed by atoms with E-state index in [2.05, 4.69) is 40.4 Å². The summed E-state index contributed by atoms with van der Waals surface area (Å²) < 4.78 is 1.17. The van der Waals surface area contributed by atoms with Crippen LogP contribution in [0.3, 0.4) is 0 Å². The van der Waals surface area contributed by atoms with Crippen molar-refractivity contribution in [1.82, 2.24) is 0 Å². The van der Waals surface area contributed by atoms with Gasteiger partial charge in [0.15, 0.2) is 0 Å². The van der Waals surface area contributed by atoms with E-state index in [1.54, 1.807) is 11.8 Å². The largest absolute Gasteiger partial charge is 0.321 e. The summed E-state index contributed by atoms with van der Waals surface area (Å²) in [5.41, 5.74) is 7.72. The minimum atomic E-state index is -0.0856. The van der Waals surface area contributed by atoms with Crippen LogP contribution >= 0.6 is 27.7 Å². The summed E-state index contributed by atoms with van der Waals surface area (Å²) in [5.74, 6) is 0. The molecule has 0 aromatic heterocycles. The van der Waals surface area contributed by atoms with E-state index in [-0.39, 0.29) is 5.54 Å². The summed E-state index contributed by atoms with van der Waals surface area (Å²) >= 11 is 5.38. The van der Waals surface area contributed by atoms with E-state index in [9.17, 15) is 0 Å². The minimum absolute atomic E-state index is 0.0856.